The molecule has 6 heteroatoms. The number of halogens is 2. The van der Waals surface area contributed by atoms with Crippen LogP contribution in [0.2, 0.25) is 0 Å². The summed E-state index contributed by atoms with van der Waals surface area (Å²) in [6.07, 6.45) is -2.57. The monoisotopic (exact) mass is 216 g/mol. The summed E-state index contributed by atoms with van der Waals surface area (Å²) in [6, 6.07) is 3.97. The van der Waals surface area contributed by atoms with Crippen molar-refractivity contribution in [2.75, 3.05) is 12.3 Å². The summed E-state index contributed by atoms with van der Waals surface area (Å²) < 4.78 is 28.3. The maximum atomic E-state index is 11.8. The number of carbonyl (C=O) groups is 1. The van der Waals surface area contributed by atoms with Crippen molar-refractivity contribution in [3.05, 3.63) is 23.8 Å². The highest BCUT2D eigenvalue weighted by molar-refractivity contribution is 5.94. The third-order valence-corrected chi connectivity index (χ3v) is 1.66. The van der Waals surface area contributed by atoms with Gasteiger partial charge >= 0.3 is 0 Å². The lowest BCUT2D eigenvalue weighted by Gasteiger charge is -2.08. The molecule has 0 heterocycles. The van der Waals surface area contributed by atoms with Crippen molar-refractivity contribution in [3.8, 4) is 5.75 Å². The fraction of sp³-hybridized carbons (Fsp3) is 0.222. The number of nitrogens with two attached hydrogens (primary N) is 2. The average molecular weight is 216 g/mol. The minimum atomic E-state index is -2.57. The molecule has 0 radical (unpaired) electrons. The molecule has 1 amide bonds. The standard InChI is InChI=1S/C9H10F2N2O2/c10-8(11)4-15-7-2-1-5(9(13)14)3-6(7)12/h1-3,8H,4,12H2,(H2,13,14). The highest BCUT2D eigenvalue weighted by Crippen LogP contribution is 2.22. The van der Waals surface area contributed by atoms with Crippen LogP contribution in [0.4, 0.5) is 14.5 Å². The molecular formula is C9H10F2N2O2. The van der Waals surface area contributed by atoms with Crippen LogP contribution >= 0.6 is 0 Å². The number of alkyl halides is 2. The Hall–Kier alpha value is -1.85. The molecular weight excluding hydrogens is 206 g/mol. The van der Waals surface area contributed by atoms with E-state index in [0.717, 1.165) is 0 Å². The second-order valence-electron chi connectivity index (χ2n) is 2.82. The van der Waals surface area contributed by atoms with Gasteiger partial charge in [-0.05, 0) is 18.2 Å². The number of carbonyl (C=O) groups excluding carboxylic acids is 1. The first kappa shape index (κ1) is 11.2. The van der Waals surface area contributed by atoms with Crippen molar-refractivity contribution >= 4 is 11.6 Å². The van der Waals surface area contributed by atoms with Crippen LogP contribution in [0.25, 0.3) is 0 Å². The molecule has 0 bridgehead atoms. The maximum Gasteiger partial charge on any atom is 0.272 e. The van der Waals surface area contributed by atoms with Crippen molar-refractivity contribution < 1.29 is 18.3 Å². The van der Waals surface area contributed by atoms with Crippen molar-refractivity contribution in [3.63, 3.8) is 0 Å². The van der Waals surface area contributed by atoms with E-state index in [-0.39, 0.29) is 17.0 Å². The van der Waals surface area contributed by atoms with E-state index >= 15 is 0 Å². The fourth-order valence-corrected chi connectivity index (χ4v) is 0.986. The number of primary amides is 1. The molecule has 1 rings (SSSR count). The van der Waals surface area contributed by atoms with Gasteiger partial charge in [-0.1, -0.05) is 0 Å². The van der Waals surface area contributed by atoms with Crippen LogP contribution in [-0.2, 0) is 0 Å². The molecule has 4 nitrogen and oxygen atoms in total. The van der Waals surface area contributed by atoms with Crippen LogP contribution in [0.15, 0.2) is 18.2 Å². The quantitative estimate of drug-likeness (QED) is 0.737. The number of ether oxygens (including phenoxy) is 1. The molecule has 82 valence electrons. The Morgan fingerprint density at radius 1 is 1.47 bits per heavy atom. The molecule has 0 aliphatic rings. The van der Waals surface area contributed by atoms with Gasteiger partial charge in [0.2, 0.25) is 5.91 Å². The summed E-state index contributed by atoms with van der Waals surface area (Å²) in [5.74, 6) is -0.526. The Morgan fingerprint density at radius 3 is 2.60 bits per heavy atom. The lowest BCUT2D eigenvalue weighted by molar-refractivity contribution is 0.0822. The van der Waals surface area contributed by atoms with Crippen molar-refractivity contribution in [2.24, 2.45) is 5.73 Å². The third kappa shape index (κ3) is 3.08. The van der Waals surface area contributed by atoms with Gasteiger partial charge in [0.05, 0.1) is 5.69 Å². The molecule has 0 aromatic heterocycles. The largest absolute Gasteiger partial charge is 0.485 e. The lowest BCUT2D eigenvalue weighted by Crippen LogP contribution is -2.12. The summed E-state index contributed by atoms with van der Waals surface area (Å²) >= 11 is 0. The Bertz CT molecular complexity index is 369. The molecule has 1 aromatic rings. The van der Waals surface area contributed by atoms with E-state index in [4.69, 9.17) is 16.2 Å². The van der Waals surface area contributed by atoms with E-state index in [1.54, 1.807) is 0 Å². The van der Waals surface area contributed by atoms with Crippen molar-refractivity contribution in [1.82, 2.24) is 0 Å². The first-order chi connectivity index (χ1) is 7.00. The summed E-state index contributed by atoms with van der Waals surface area (Å²) in [5.41, 5.74) is 10.8. The zero-order valence-electron chi connectivity index (χ0n) is 7.74. The Kier molecular flexibility index (Phi) is 3.43. The van der Waals surface area contributed by atoms with Crippen molar-refractivity contribution in [1.29, 1.82) is 0 Å². The zero-order valence-corrected chi connectivity index (χ0v) is 7.74. The molecule has 0 saturated carbocycles. The fourth-order valence-electron chi connectivity index (χ4n) is 0.986. The molecule has 0 aliphatic heterocycles. The van der Waals surface area contributed by atoms with Gasteiger partial charge in [-0.3, -0.25) is 4.79 Å². The Balaban J connectivity index is 2.79. The first-order valence-electron chi connectivity index (χ1n) is 4.11. The number of amides is 1. The molecule has 0 fully saturated rings. The summed E-state index contributed by atoms with van der Waals surface area (Å²) in [7, 11) is 0. The van der Waals surface area contributed by atoms with Gasteiger partial charge in [-0.25, -0.2) is 8.78 Å². The van der Waals surface area contributed by atoms with Crippen LogP contribution in [0.3, 0.4) is 0 Å². The highest BCUT2D eigenvalue weighted by atomic mass is 19.3. The van der Waals surface area contributed by atoms with Crippen LogP contribution in [0, 0.1) is 0 Å². The van der Waals surface area contributed by atoms with Crippen LogP contribution in [0.5, 0.6) is 5.75 Å². The predicted octanol–water partition coefficient (Wildman–Crippen LogP) is 1.01. The molecule has 4 N–H and O–H groups in total. The van der Waals surface area contributed by atoms with Gasteiger partial charge in [0, 0.05) is 5.56 Å². The summed E-state index contributed by atoms with van der Waals surface area (Å²) in [5, 5.41) is 0. The Morgan fingerprint density at radius 2 is 2.13 bits per heavy atom. The third-order valence-electron chi connectivity index (χ3n) is 1.66. The molecule has 15 heavy (non-hydrogen) atoms. The molecule has 1 aromatic carbocycles. The number of rotatable bonds is 4. The predicted molar refractivity (Wildman–Crippen MR) is 50.9 cm³/mol. The number of hydrogen-bond donors (Lipinski definition) is 2. The van der Waals surface area contributed by atoms with E-state index in [9.17, 15) is 13.6 Å². The number of benzene rings is 1. The van der Waals surface area contributed by atoms with Crippen molar-refractivity contribution in [2.45, 2.75) is 6.43 Å². The topological polar surface area (TPSA) is 78.3 Å². The van der Waals surface area contributed by atoms with E-state index in [1.807, 2.05) is 0 Å². The SMILES string of the molecule is NC(=O)c1ccc(OCC(F)F)c(N)c1. The highest BCUT2D eigenvalue weighted by Gasteiger charge is 2.08. The molecule has 0 spiro atoms. The van der Waals surface area contributed by atoms with E-state index in [2.05, 4.69) is 0 Å². The van der Waals surface area contributed by atoms with Gasteiger partial charge in [-0.2, -0.15) is 0 Å². The van der Waals surface area contributed by atoms with Gasteiger partial charge in [-0.15, -0.1) is 0 Å². The Labute approximate surface area is 84.8 Å². The minimum absolute atomic E-state index is 0.104. The van der Waals surface area contributed by atoms with Gasteiger partial charge < -0.3 is 16.2 Å². The van der Waals surface area contributed by atoms with Crippen LogP contribution in [-0.4, -0.2) is 18.9 Å². The van der Waals surface area contributed by atoms with Crippen LogP contribution in [0.1, 0.15) is 10.4 Å². The molecule has 0 unspecified atom stereocenters. The second-order valence-corrected chi connectivity index (χ2v) is 2.82. The second kappa shape index (κ2) is 4.59. The van der Waals surface area contributed by atoms with Gasteiger partial charge in [0.1, 0.15) is 12.4 Å². The average Bonchev–Trinajstić information content (AvgIpc) is 2.15. The maximum absolute atomic E-state index is 11.8. The summed E-state index contributed by atoms with van der Waals surface area (Å²) in [6.45, 7) is -0.736. The number of nitrogen functional groups attached to an aromatic ring is 1. The molecule has 0 aliphatic carbocycles. The van der Waals surface area contributed by atoms with E-state index in [0.29, 0.717) is 0 Å². The van der Waals surface area contributed by atoms with Crippen LogP contribution < -0.4 is 16.2 Å². The van der Waals surface area contributed by atoms with E-state index in [1.165, 1.54) is 18.2 Å². The first-order valence-corrected chi connectivity index (χ1v) is 4.11. The van der Waals surface area contributed by atoms with E-state index < -0.39 is 18.9 Å². The number of hydrogen-bond acceptors (Lipinski definition) is 3. The molecule has 0 atom stereocenters. The lowest BCUT2D eigenvalue weighted by atomic mass is 10.2. The zero-order chi connectivity index (χ0) is 11.4. The van der Waals surface area contributed by atoms with Gasteiger partial charge in [0.25, 0.3) is 6.43 Å². The number of anilines is 1. The van der Waals surface area contributed by atoms with Gasteiger partial charge in [0.15, 0.2) is 0 Å². The summed E-state index contributed by atoms with van der Waals surface area (Å²) in [4.78, 5) is 10.7. The molecule has 0 saturated heterocycles. The normalized spacial score (nSPS) is 10.3. The minimum Gasteiger partial charge on any atom is -0.485 e. The smallest absolute Gasteiger partial charge is 0.272 e.